The molecule has 4 nitrogen and oxygen atoms in total. The molecule has 1 aliphatic heterocycles. The van der Waals surface area contributed by atoms with Crippen molar-refractivity contribution in [2.24, 2.45) is 5.92 Å². The summed E-state index contributed by atoms with van der Waals surface area (Å²) in [7, 11) is 0. The molecule has 2 atom stereocenters. The van der Waals surface area contributed by atoms with Crippen LogP contribution in [0.4, 0.5) is 0 Å². The number of benzene rings is 1. The number of fused-ring (bicyclic) bond motifs is 2. The minimum absolute atomic E-state index is 0.0629. The average molecular weight is 366 g/mol. The molecular weight excluding hydrogens is 342 g/mol. The fourth-order valence-electron chi connectivity index (χ4n) is 4.44. The Bertz CT molecular complexity index is 940. The second-order valence-electron chi connectivity index (χ2n) is 7.69. The van der Waals surface area contributed by atoms with Crippen molar-refractivity contribution in [3.05, 3.63) is 51.5 Å². The first-order chi connectivity index (χ1) is 12.7. The van der Waals surface area contributed by atoms with Gasteiger partial charge in [-0.1, -0.05) is 19.1 Å². The summed E-state index contributed by atoms with van der Waals surface area (Å²) in [5, 5.41) is 2.10. The van der Waals surface area contributed by atoms with Gasteiger partial charge in [0, 0.05) is 16.8 Å². The fraction of sp³-hybridized carbons (Fsp3) is 0.429. The van der Waals surface area contributed by atoms with E-state index in [2.05, 4.69) is 17.3 Å². The predicted molar refractivity (Wildman–Crippen MR) is 105 cm³/mol. The zero-order valence-electron chi connectivity index (χ0n) is 15.0. The van der Waals surface area contributed by atoms with Crippen molar-refractivity contribution in [2.45, 2.75) is 45.1 Å². The van der Waals surface area contributed by atoms with E-state index < -0.39 is 0 Å². The molecule has 1 amide bonds. The largest absolute Gasteiger partial charge is 0.340 e. The Kier molecular flexibility index (Phi) is 3.85. The number of hydrogen-bond acceptors (Lipinski definition) is 3. The van der Waals surface area contributed by atoms with Gasteiger partial charge in [-0.05, 0) is 55.7 Å². The van der Waals surface area contributed by atoms with Crippen LogP contribution < -0.4 is 0 Å². The second kappa shape index (κ2) is 6.23. The number of nitrogens with one attached hydrogen (secondary N) is 1. The van der Waals surface area contributed by atoms with E-state index in [1.54, 1.807) is 11.3 Å². The molecule has 0 radical (unpaired) electrons. The first kappa shape index (κ1) is 16.1. The van der Waals surface area contributed by atoms with Crippen LogP contribution in [-0.2, 0) is 12.8 Å². The summed E-state index contributed by atoms with van der Waals surface area (Å²) in [5.74, 6) is 1.86. The molecule has 5 heteroatoms. The van der Waals surface area contributed by atoms with Crippen molar-refractivity contribution in [1.82, 2.24) is 14.9 Å². The minimum Gasteiger partial charge on any atom is -0.340 e. The quantitative estimate of drug-likeness (QED) is 0.714. The molecule has 5 rings (SSSR count). The number of nitrogens with zero attached hydrogens (tertiary/aromatic N) is 2. The normalized spacial score (nSPS) is 22.7. The lowest BCUT2D eigenvalue weighted by atomic mass is 9.88. The number of H-pyrrole nitrogens is 1. The average Bonchev–Trinajstić information content (AvgIpc) is 3.37. The highest BCUT2D eigenvalue weighted by atomic mass is 32.1. The lowest BCUT2D eigenvalue weighted by Gasteiger charge is -2.25. The number of imidazole rings is 1. The molecule has 134 valence electrons. The van der Waals surface area contributed by atoms with E-state index >= 15 is 0 Å². The Labute approximate surface area is 157 Å². The fourth-order valence-corrected chi connectivity index (χ4v) is 5.67. The zero-order valence-corrected chi connectivity index (χ0v) is 15.8. The van der Waals surface area contributed by atoms with Gasteiger partial charge >= 0.3 is 0 Å². The number of amides is 1. The maximum atomic E-state index is 13.4. The number of likely N-dealkylation sites (tertiary alicyclic amines) is 1. The maximum Gasteiger partial charge on any atom is 0.255 e. The highest BCUT2D eigenvalue weighted by Gasteiger charge is 2.35. The molecule has 0 spiro atoms. The van der Waals surface area contributed by atoms with Crippen molar-refractivity contribution < 1.29 is 4.79 Å². The summed E-state index contributed by atoms with van der Waals surface area (Å²) in [6, 6.07) is 8.15. The van der Waals surface area contributed by atoms with Crippen molar-refractivity contribution in [2.75, 3.05) is 6.54 Å². The highest BCUT2D eigenvalue weighted by molar-refractivity contribution is 7.10. The first-order valence-corrected chi connectivity index (χ1v) is 10.4. The SMILES string of the molecule is CC1CCc2c(C(=O)N3CCCC3c3nc4ccccc4[nH]3)csc2C1. The van der Waals surface area contributed by atoms with Gasteiger partial charge in [0.1, 0.15) is 5.82 Å². The summed E-state index contributed by atoms with van der Waals surface area (Å²) in [5.41, 5.74) is 4.28. The number of rotatable bonds is 2. The van der Waals surface area contributed by atoms with Gasteiger partial charge in [0.25, 0.3) is 5.91 Å². The third kappa shape index (κ3) is 2.57. The Morgan fingerprint density at radius 3 is 3.08 bits per heavy atom. The predicted octanol–water partition coefficient (Wildman–Crippen LogP) is 4.73. The molecule has 1 aliphatic carbocycles. The lowest BCUT2D eigenvalue weighted by molar-refractivity contribution is 0.0729. The standard InChI is InChI=1S/C21H23N3OS/c1-13-8-9-14-15(12-26-19(14)11-13)21(25)24-10-4-7-18(24)20-22-16-5-2-3-6-17(16)23-20/h2-3,5-6,12-13,18H,4,7-11H2,1H3,(H,22,23). The maximum absolute atomic E-state index is 13.4. The van der Waals surface area contributed by atoms with E-state index in [9.17, 15) is 4.79 Å². The zero-order chi connectivity index (χ0) is 17.7. The van der Waals surface area contributed by atoms with E-state index in [0.717, 1.165) is 60.6 Å². The van der Waals surface area contributed by atoms with E-state index in [1.807, 2.05) is 29.2 Å². The Morgan fingerprint density at radius 1 is 1.31 bits per heavy atom. The van der Waals surface area contributed by atoms with Crippen LogP contribution in [0.3, 0.4) is 0 Å². The molecule has 2 unspecified atom stereocenters. The van der Waals surface area contributed by atoms with Crippen molar-refractivity contribution in [3.63, 3.8) is 0 Å². The monoisotopic (exact) mass is 365 g/mol. The molecular formula is C21H23N3OS. The van der Waals surface area contributed by atoms with Crippen molar-refractivity contribution >= 4 is 28.3 Å². The third-order valence-corrected chi connectivity index (χ3v) is 6.92. The van der Waals surface area contributed by atoms with Crippen LogP contribution >= 0.6 is 11.3 Å². The van der Waals surface area contributed by atoms with Gasteiger partial charge in [-0.2, -0.15) is 0 Å². The van der Waals surface area contributed by atoms with E-state index in [-0.39, 0.29) is 11.9 Å². The Balaban J connectivity index is 1.46. The molecule has 2 aliphatic rings. The summed E-state index contributed by atoms with van der Waals surface area (Å²) in [6.45, 7) is 3.13. The van der Waals surface area contributed by atoms with Gasteiger partial charge in [-0.15, -0.1) is 11.3 Å². The minimum atomic E-state index is 0.0629. The molecule has 26 heavy (non-hydrogen) atoms. The van der Waals surface area contributed by atoms with Gasteiger partial charge in [-0.3, -0.25) is 4.79 Å². The smallest absolute Gasteiger partial charge is 0.255 e. The number of hydrogen-bond donors (Lipinski definition) is 1. The second-order valence-corrected chi connectivity index (χ2v) is 8.66. The molecule has 1 aromatic carbocycles. The molecule has 3 aromatic rings. The number of aromatic amines is 1. The lowest BCUT2D eigenvalue weighted by Crippen LogP contribution is -2.31. The van der Waals surface area contributed by atoms with Crippen LogP contribution in [0.15, 0.2) is 29.6 Å². The molecule has 0 bridgehead atoms. The van der Waals surface area contributed by atoms with Crippen LogP contribution in [0.1, 0.15) is 58.9 Å². The van der Waals surface area contributed by atoms with E-state index in [4.69, 9.17) is 4.98 Å². The summed E-state index contributed by atoms with van der Waals surface area (Å²) >= 11 is 1.77. The molecule has 2 aromatic heterocycles. The van der Waals surface area contributed by atoms with Crippen molar-refractivity contribution in [3.8, 4) is 0 Å². The number of aromatic nitrogens is 2. The first-order valence-electron chi connectivity index (χ1n) is 9.55. The van der Waals surface area contributed by atoms with E-state index in [0.29, 0.717) is 0 Å². The topological polar surface area (TPSA) is 49.0 Å². The van der Waals surface area contributed by atoms with Crippen LogP contribution in [0.25, 0.3) is 11.0 Å². The Hall–Kier alpha value is -2.14. The van der Waals surface area contributed by atoms with Crippen molar-refractivity contribution in [1.29, 1.82) is 0 Å². The molecule has 1 fully saturated rings. The summed E-state index contributed by atoms with van der Waals surface area (Å²) in [6.07, 6.45) is 5.38. The van der Waals surface area contributed by atoms with Gasteiger partial charge in [0.2, 0.25) is 0 Å². The van der Waals surface area contributed by atoms with Crippen LogP contribution in [0.5, 0.6) is 0 Å². The molecule has 1 N–H and O–H groups in total. The van der Waals surface area contributed by atoms with E-state index in [1.165, 1.54) is 16.9 Å². The van der Waals surface area contributed by atoms with Gasteiger partial charge in [-0.25, -0.2) is 4.98 Å². The number of thiophene rings is 1. The number of para-hydroxylation sites is 2. The summed E-state index contributed by atoms with van der Waals surface area (Å²) in [4.78, 5) is 25.0. The number of carbonyl (C=O) groups is 1. The van der Waals surface area contributed by atoms with Gasteiger partial charge in [0.15, 0.2) is 0 Å². The molecule has 3 heterocycles. The summed E-state index contributed by atoms with van der Waals surface area (Å²) < 4.78 is 0. The molecule has 1 saturated heterocycles. The van der Waals surface area contributed by atoms with Gasteiger partial charge in [0.05, 0.1) is 22.6 Å². The number of carbonyl (C=O) groups excluding carboxylic acids is 1. The van der Waals surface area contributed by atoms with Crippen LogP contribution in [-0.4, -0.2) is 27.3 Å². The van der Waals surface area contributed by atoms with Crippen LogP contribution in [0, 0.1) is 5.92 Å². The Morgan fingerprint density at radius 2 is 2.19 bits per heavy atom. The van der Waals surface area contributed by atoms with Gasteiger partial charge < -0.3 is 9.88 Å². The third-order valence-electron chi connectivity index (χ3n) is 5.87. The van der Waals surface area contributed by atoms with Crippen LogP contribution in [0.2, 0.25) is 0 Å². The molecule has 0 saturated carbocycles. The highest BCUT2D eigenvalue weighted by Crippen LogP contribution is 2.37.